The molecule has 22 heavy (non-hydrogen) atoms. The van der Waals surface area contributed by atoms with Crippen LogP contribution < -0.4 is 15.6 Å². The third kappa shape index (κ3) is 1.87. The van der Waals surface area contributed by atoms with Crippen molar-refractivity contribution in [1.82, 2.24) is 10.5 Å². The molecule has 0 atom stereocenters. The van der Waals surface area contributed by atoms with Crippen molar-refractivity contribution >= 4 is 29.1 Å². The fourth-order valence-corrected chi connectivity index (χ4v) is 2.84. The number of hydrazine groups is 2. The summed E-state index contributed by atoms with van der Waals surface area (Å²) in [6.45, 7) is 1.97. The summed E-state index contributed by atoms with van der Waals surface area (Å²) in [5.41, 5.74) is 7.68. The molecule has 0 saturated carbocycles. The molecule has 0 saturated heterocycles. The molecule has 0 aliphatic carbocycles. The Morgan fingerprint density at radius 1 is 1.14 bits per heavy atom. The molecule has 110 valence electrons. The van der Waals surface area contributed by atoms with Crippen LogP contribution in [-0.4, -0.2) is 10.1 Å². The monoisotopic (exact) mass is 312 g/mol. The first-order chi connectivity index (χ1) is 10.6. The normalized spacial score (nSPS) is 16.5. The van der Waals surface area contributed by atoms with E-state index in [2.05, 4.69) is 16.6 Å². The van der Waals surface area contributed by atoms with Crippen LogP contribution in [0, 0.1) is 0 Å². The number of fused-ring (bicyclic) bond motifs is 3. The third-order valence-corrected chi connectivity index (χ3v) is 3.96. The maximum Gasteiger partial charge on any atom is 0.234 e. The SMILES string of the molecule is CC1=Cc2ccccc2N2NN(c3ccc(Cl)nc3)C(O)=C12. The van der Waals surface area contributed by atoms with Gasteiger partial charge in [-0.25, -0.2) is 9.99 Å². The average molecular weight is 313 g/mol. The first-order valence-electron chi connectivity index (χ1n) is 6.84. The van der Waals surface area contributed by atoms with E-state index < -0.39 is 0 Å². The Hall–Kier alpha value is -2.50. The number of rotatable bonds is 1. The van der Waals surface area contributed by atoms with Crippen molar-refractivity contribution in [2.45, 2.75) is 6.92 Å². The van der Waals surface area contributed by atoms with Gasteiger partial charge in [0.25, 0.3) is 0 Å². The molecule has 5 nitrogen and oxygen atoms in total. The molecule has 0 unspecified atom stereocenters. The Balaban J connectivity index is 1.81. The summed E-state index contributed by atoms with van der Waals surface area (Å²) in [4.78, 5) is 4.06. The summed E-state index contributed by atoms with van der Waals surface area (Å²) in [5, 5.41) is 14.5. The number of aliphatic hydroxyl groups is 1. The van der Waals surface area contributed by atoms with Crippen molar-refractivity contribution < 1.29 is 5.11 Å². The minimum absolute atomic E-state index is 0.132. The third-order valence-electron chi connectivity index (χ3n) is 3.74. The summed E-state index contributed by atoms with van der Waals surface area (Å²) in [7, 11) is 0. The molecule has 2 aliphatic heterocycles. The van der Waals surface area contributed by atoms with Crippen molar-refractivity contribution in [3.63, 3.8) is 0 Å². The predicted octanol–water partition coefficient (Wildman–Crippen LogP) is 3.63. The molecule has 2 aliphatic rings. The molecule has 3 heterocycles. The lowest BCUT2D eigenvalue weighted by molar-refractivity contribution is 0.388. The molecule has 0 bridgehead atoms. The van der Waals surface area contributed by atoms with Crippen LogP contribution in [0.4, 0.5) is 11.4 Å². The van der Waals surface area contributed by atoms with Gasteiger partial charge in [-0.3, -0.25) is 5.01 Å². The lowest BCUT2D eigenvalue weighted by Gasteiger charge is -2.28. The zero-order chi connectivity index (χ0) is 15.3. The second kappa shape index (κ2) is 4.76. The second-order valence-electron chi connectivity index (χ2n) is 5.17. The molecule has 4 rings (SSSR count). The number of aliphatic hydroxyl groups excluding tert-OH is 1. The van der Waals surface area contributed by atoms with Gasteiger partial charge in [-0.2, -0.15) is 0 Å². The standard InChI is InChI=1S/C16H13ClN4O/c1-10-8-11-4-2-3-5-13(11)21-15(10)16(22)20(19-21)12-6-7-14(17)18-9-12/h2-9,19,22H,1H3. The number of nitrogens with zero attached hydrogens (tertiary/aromatic N) is 3. The van der Waals surface area contributed by atoms with Gasteiger partial charge >= 0.3 is 0 Å². The van der Waals surface area contributed by atoms with Gasteiger partial charge in [-0.15, -0.1) is 5.53 Å². The van der Waals surface area contributed by atoms with Crippen molar-refractivity contribution in [1.29, 1.82) is 0 Å². The highest BCUT2D eigenvalue weighted by atomic mass is 35.5. The lowest BCUT2D eigenvalue weighted by atomic mass is 10.0. The number of allylic oxidation sites excluding steroid dienone is 1. The first-order valence-corrected chi connectivity index (χ1v) is 7.22. The zero-order valence-electron chi connectivity index (χ0n) is 11.8. The van der Waals surface area contributed by atoms with Gasteiger partial charge in [0.05, 0.1) is 17.6 Å². The first kappa shape index (κ1) is 13.2. The molecule has 1 aromatic carbocycles. The molecule has 1 aromatic heterocycles. The summed E-state index contributed by atoms with van der Waals surface area (Å²) in [5.74, 6) is 0.132. The Morgan fingerprint density at radius 2 is 1.95 bits per heavy atom. The van der Waals surface area contributed by atoms with E-state index in [1.807, 2.05) is 36.2 Å². The van der Waals surface area contributed by atoms with Gasteiger partial charge < -0.3 is 5.11 Å². The topological polar surface area (TPSA) is 51.6 Å². The maximum absolute atomic E-state index is 10.6. The van der Waals surface area contributed by atoms with E-state index in [9.17, 15) is 5.11 Å². The molecule has 0 radical (unpaired) electrons. The smallest absolute Gasteiger partial charge is 0.234 e. The van der Waals surface area contributed by atoms with Crippen LogP contribution in [0.1, 0.15) is 12.5 Å². The summed E-state index contributed by atoms with van der Waals surface area (Å²) >= 11 is 5.82. The van der Waals surface area contributed by atoms with Crippen LogP contribution in [0.25, 0.3) is 6.08 Å². The maximum atomic E-state index is 10.6. The van der Waals surface area contributed by atoms with Gasteiger partial charge in [-0.1, -0.05) is 29.8 Å². The zero-order valence-corrected chi connectivity index (χ0v) is 12.5. The van der Waals surface area contributed by atoms with E-state index in [1.54, 1.807) is 23.3 Å². The highest BCUT2D eigenvalue weighted by Gasteiger charge is 2.35. The number of nitrogens with one attached hydrogen (secondary N) is 1. The van der Waals surface area contributed by atoms with Crippen molar-refractivity contribution in [3.8, 4) is 0 Å². The Kier molecular flexibility index (Phi) is 2.85. The van der Waals surface area contributed by atoms with Crippen LogP contribution in [0.2, 0.25) is 5.15 Å². The van der Waals surface area contributed by atoms with Crippen LogP contribution in [0.15, 0.2) is 59.7 Å². The number of aromatic nitrogens is 1. The number of pyridine rings is 1. The molecule has 0 fully saturated rings. The average Bonchev–Trinajstić information content (AvgIpc) is 2.87. The van der Waals surface area contributed by atoms with Crippen LogP contribution in [0.3, 0.4) is 0 Å². The van der Waals surface area contributed by atoms with Gasteiger partial charge in [0.2, 0.25) is 5.88 Å². The second-order valence-corrected chi connectivity index (χ2v) is 5.56. The highest BCUT2D eigenvalue weighted by Crippen LogP contribution is 2.39. The van der Waals surface area contributed by atoms with Gasteiger partial charge in [-0.05, 0) is 36.8 Å². The fourth-order valence-electron chi connectivity index (χ4n) is 2.73. The summed E-state index contributed by atoms with van der Waals surface area (Å²) in [6.07, 6.45) is 3.66. The van der Waals surface area contributed by atoms with Gasteiger partial charge in [0.1, 0.15) is 10.9 Å². The number of para-hydroxylation sites is 1. The van der Waals surface area contributed by atoms with Crippen molar-refractivity contribution in [3.05, 3.63) is 70.5 Å². The number of hydrogen-bond acceptors (Lipinski definition) is 5. The van der Waals surface area contributed by atoms with Gasteiger partial charge in [0.15, 0.2) is 0 Å². The van der Waals surface area contributed by atoms with E-state index in [4.69, 9.17) is 11.6 Å². The number of halogens is 1. The lowest BCUT2D eigenvalue weighted by Crippen LogP contribution is -2.42. The minimum atomic E-state index is 0.132. The predicted molar refractivity (Wildman–Crippen MR) is 87.1 cm³/mol. The minimum Gasteiger partial charge on any atom is -0.492 e. The van der Waals surface area contributed by atoms with E-state index in [1.165, 1.54) is 0 Å². The molecule has 2 aromatic rings. The Morgan fingerprint density at radius 3 is 2.73 bits per heavy atom. The quantitative estimate of drug-likeness (QED) is 0.788. The van der Waals surface area contributed by atoms with E-state index in [-0.39, 0.29) is 5.88 Å². The van der Waals surface area contributed by atoms with E-state index in [0.29, 0.717) is 10.8 Å². The largest absolute Gasteiger partial charge is 0.492 e. The van der Waals surface area contributed by atoms with Gasteiger partial charge in [0, 0.05) is 5.56 Å². The molecular formula is C16H13ClN4O. The van der Waals surface area contributed by atoms with Crippen molar-refractivity contribution in [2.24, 2.45) is 0 Å². The van der Waals surface area contributed by atoms with E-state index in [0.717, 1.165) is 22.5 Å². The molecule has 0 amide bonds. The number of benzene rings is 1. The summed E-state index contributed by atoms with van der Waals surface area (Å²) in [6, 6.07) is 11.5. The van der Waals surface area contributed by atoms with Crippen LogP contribution in [-0.2, 0) is 0 Å². The fraction of sp³-hybridized carbons (Fsp3) is 0.0625. The van der Waals surface area contributed by atoms with Crippen LogP contribution in [0.5, 0.6) is 0 Å². The highest BCUT2D eigenvalue weighted by molar-refractivity contribution is 6.29. The van der Waals surface area contributed by atoms with E-state index >= 15 is 0 Å². The van der Waals surface area contributed by atoms with Crippen molar-refractivity contribution in [2.75, 3.05) is 10.0 Å². The van der Waals surface area contributed by atoms with Crippen LogP contribution >= 0.6 is 11.6 Å². The molecule has 0 spiro atoms. The number of hydrogen-bond donors (Lipinski definition) is 2. The Labute approximate surface area is 132 Å². The molecule has 6 heteroatoms. The molecule has 2 N–H and O–H groups in total. The summed E-state index contributed by atoms with van der Waals surface area (Å²) < 4.78 is 0. The Bertz CT molecular complexity index is 813. The number of anilines is 2. The molecular weight excluding hydrogens is 300 g/mol.